The first-order valence-electron chi connectivity index (χ1n) is 9.01. The summed E-state index contributed by atoms with van der Waals surface area (Å²) in [5.41, 5.74) is 0.844. The number of nitrogens with one attached hydrogen (secondary N) is 1. The second kappa shape index (κ2) is 6.78. The minimum Gasteiger partial charge on any atom is -0.380 e. The second-order valence-electron chi connectivity index (χ2n) is 7.43. The number of hydrogen-bond acceptors (Lipinski definition) is 5. The van der Waals surface area contributed by atoms with Gasteiger partial charge in [-0.05, 0) is 50.1 Å². The maximum absolute atomic E-state index is 13.4. The molecule has 0 saturated carbocycles. The van der Waals surface area contributed by atoms with Crippen LogP contribution in [0.5, 0.6) is 0 Å². The zero-order valence-corrected chi connectivity index (χ0v) is 15.4. The predicted molar refractivity (Wildman–Crippen MR) is 100 cm³/mol. The molecule has 0 unspecified atom stereocenters. The van der Waals surface area contributed by atoms with E-state index in [4.69, 9.17) is 14.2 Å². The van der Waals surface area contributed by atoms with Gasteiger partial charge in [-0.2, -0.15) is 4.98 Å². The van der Waals surface area contributed by atoms with Gasteiger partial charge in [0.25, 0.3) is 5.89 Å². The summed E-state index contributed by atoms with van der Waals surface area (Å²) in [4.78, 5) is 4.72. The lowest BCUT2D eigenvalue weighted by Gasteiger charge is -2.25. The molecule has 27 heavy (non-hydrogen) atoms. The molecule has 0 bridgehead atoms. The van der Waals surface area contributed by atoms with E-state index in [0.29, 0.717) is 24.9 Å². The molecule has 6 heteroatoms. The van der Waals surface area contributed by atoms with E-state index in [2.05, 4.69) is 10.5 Å². The number of rotatable bonds is 5. The molecule has 0 spiro atoms. The van der Waals surface area contributed by atoms with Crippen LogP contribution in [0.25, 0.3) is 0 Å². The molecule has 1 aliphatic rings. The van der Waals surface area contributed by atoms with Gasteiger partial charge in [0.2, 0.25) is 0 Å². The van der Waals surface area contributed by atoms with Gasteiger partial charge in [-0.3, -0.25) is 0 Å². The third-order valence-corrected chi connectivity index (χ3v) is 5.04. The Morgan fingerprint density at radius 3 is 2.48 bits per heavy atom. The highest BCUT2D eigenvalue weighted by atomic mass is 19.1. The molecule has 3 aromatic rings. The fourth-order valence-corrected chi connectivity index (χ4v) is 3.47. The summed E-state index contributed by atoms with van der Waals surface area (Å²) in [5.74, 6) is 0.800. The third-order valence-electron chi connectivity index (χ3n) is 5.04. The van der Waals surface area contributed by atoms with Crippen molar-refractivity contribution in [3.63, 3.8) is 0 Å². The predicted octanol–water partition coefficient (Wildman–Crippen LogP) is 4.26. The summed E-state index contributed by atoms with van der Waals surface area (Å²) in [6, 6.07) is 16.3. The van der Waals surface area contributed by atoms with Crippen molar-refractivity contribution >= 4 is 5.69 Å². The largest absolute Gasteiger partial charge is 0.380 e. The van der Waals surface area contributed by atoms with Gasteiger partial charge in [0.1, 0.15) is 11.4 Å². The van der Waals surface area contributed by atoms with Crippen molar-refractivity contribution in [3.05, 3.63) is 77.7 Å². The molecule has 1 aliphatic heterocycles. The summed E-state index contributed by atoms with van der Waals surface area (Å²) in [7, 11) is 0. The first kappa shape index (κ1) is 17.7. The van der Waals surface area contributed by atoms with Crippen LogP contribution in [0, 0.1) is 5.82 Å². The summed E-state index contributed by atoms with van der Waals surface area (Å²) < 4.78 is 24.7. The summed E-state index contributed by atoms with van der Waals surface area (Å²) >= 11 is 0. The van der Waals surface area contributed by atoms with Crippen molar-refractivity contribution in [1.29, 1.82) is 0 Å². The lowest BCUT2D eigenvalue weighted by molar-refractivity contribution is 0.182. The van der Waals surface area contributed by atoms with Crippen LogP contribution in [0.4, 0.5) is 10.1 Å². The Morgan fingerprint density at radius 2 is 1.81 bits per heavy atom. The minimum absolute atomic E-state index is 0.269. The quantitative estimate of drug-likeness (QED) is 0.730. The van der Waals surface area contributed by atoms with Gasteiger partial charge in [-0.25, -0.2) is 4.39 Å². The number of para-hydroxylation sites is 1. The van der Waals surface area contributed by atoms with E-state index in [1.807, 2.05) is 44.2 Å². The van der Waals surface area contributed by atoms with Gasteiger partial charge in [0.05, 0.1) is 12.0 Å². The van der Waals surface area contributed by atoms with Crippen molar-refractivity contribution in [1.82, 2.24) is 10.1 Å². The molecule has 0 amide bonds. The normalized spacial score (nSPS) is 20.0. The Hall–Kier alpha value is -2.73. The molecule has 1 N–H and O–H groups in total. The number of aromatic nitrogens is 2. The Labute approximate surface area is 157 Å². The topological polar surface area (TPSA) is 60.2 Å². The van der Waals surface area contributed by atoms with Crippen LogP contribution in [0.1, 0.15) is 37.5 Å². The maximum Gasteiger partial charge on any atom is 0.251 e. The Kier molecular flexibility index (Phi) is 4.44. The van der Waals surface area contributed by atoms with E-state index >= 15 is 0 Å². The SMILES string of the molecule is CC(C)(Nc1ccccc1)c1nc([C@@]2(c3ccc(F)cc3)CCOC2)no1. The fourth-order valence-electron chi connectivity index (χ4n) is 3.47. The third kappa shape index (κ3) is 3.32. The highest BCUT2D eigenvalue weighted by Gasteiger charge is 2.44. The van der Waals surface area contributed by atoms with Crippen LogP contribution in [-0.4, -0.2) is 23.4 Å². The molecule has 2 aromatic carbocycles. The molecule has 2 heterocycles. The molecule has 140 valence electrons. The number of benzene rings is 2. The molecule has 1 fully saturated rings. The lowest BCUT2D eigenvalue weighted by Crippen LogP contribution is -2.31. The van der Waals surface area contributed by atoms with Gasteiger partial charge in [0, 0.05) is 12.3 Å². The molecule has 1 aromatic heterocycles. The average Bonchev–Trinajstić information content (AvgIpc) is 3.33. The molecule has 4 rings (SSSR count). The fraction of sp³-hybridized carbons (Fsp3) is 0.333. The molecule has 0 radical (unpaired) electrons. The van der Waals surface area contributed by atoms with Crippen LogP contribution in [0.3, 0.4) is 0 Å². The van der Waals surface area contributed by atoms with E-state index in [0.717, 1.165) is 17.7 Å². The van der Waals surface area contributed by atoms with E-state index in [1.54, 1.807) is 12.1 Å². The first-order valence-corrected chi connectivity index (χ1v) is 9.01. The van der Waals surface area contributed by atoms with E-state index in [-0.39, 0.29) is 5.82 Å². The summed E-state index contributed by atoms with van der Waals surface area (Å²) in [6.45, 7) is 5.04. The van der Waals surface area contributed by atoms with E-state index in [9.17, 15) is 4.39 Å². The maximum atomic E-state index is 13.4. The molecule has 1 atom stereocenters. The Bertz CT molecular complexity index is 901. The number of ether oxygens (including phenoxy) is 1. The first-order chi connectivity index (χ1) is 13.0. The van der Waals surface area contributed by atoms with Gasteiger partial charge >= 0.3 is 0 Å². The van der Waals surface area contributed by atoms with Crippen LogP contribution in [0.2, 0.25) is 0 Å². The zero-order valence-electron chi connectivity index (χ0n) is 15.4. The van der Waals surface area contributed by atoms with Crippen LogP contribution >= 0.6 is 0 Å². The molecular formula is C21H22FN3O2. The summed E-state index contributed by atoms with van der Waals surface area (Å²) in [5, 5.41) is 7.70. The Morgan fingerprint density at radius 1 is 1.07 bits per heavy atom. The zero-order chi connectivity index (χ0) is 18.9. The Balaban J connectivity index is 1.66. The number of nitrogens with zero attached hydrogens (tertiary/aromatic N) is 2. The van der Waals surface area contributed by atoms with Crippen molar-refractivity contribution < 1.29 is 13.7 Å². The van der Waals surface area contributed by atoms with Crippen LogP contribution in [-0.2, 0) is 15.7 Å². The van der Waals surface area contributed by atoms with E-state index < -0.39 is 11.0 Å². The van der Waals surface area contributed by atoms with Gasteiger partial charge in [0.15, 0.2) is 5.82 Å². The number of halogens is 1. The van der Waals surface area contributed by atoms with E-state index in [1.165, 1.54) is 12.1 Å². The van der Waals surface area contributed by atoms with Crippen molar-refractivity contribution in [2.45, 2.75) is 31.2 Å². The monoisotopic (exact) mass is 367 g/mol. The van der Waals surface area contributed by atoms with Gasteiger partial charge in [-0.1, -0.05) is 35.5 Å². The van der Waals surface area contributed by atoms with Gasteiger partial charge < -0.3 is 14.6 Å². The summed E-state index contributed by atoms with van der Waals surface area (Å²) in [6.07, 6.45) is 0.726. The number of anilines is 1. The smallest absolute Gasteiger partial charge is 0.251 e. The molecule has 1 saturated heterocycles. The van der Waals surface area contributed by atoms with Crippen LogP contribution in [0.15, 0.2) is 59.1 Å². The lowest BCUT2D eigenvalue weighted by atomic mass is 9.79. The van der Waals surface area contributed by atoms with Crippen molar-refractivity contribution in [2.24, 2.45) is 0 Å². The second-order valence-corrected chi connectivity index (χ2v) is 7.43. The molecule has 0 aliphatic carbocycles. The highest BCUT2D eigenvalue weighted by molar-refractivity contribution is 5.45. The number of hydrogen-bond donors (Lipinski definition) is 1. The molecule has 5 nitrogen and oxygen atoms in total. The van der Waals surface area contributed by atoms with Crippen LogP contribution < -0.4 is 5.32 Å². The molecular weight excluding hydrogens is 345 g/mol. The standard InChI is InChI=1S/C21H22FN3O2/c1-20(2,24-17-6-4-3-5-7-17)19-23-18(25-27-19)21(12-13-26-14-21)15-8-10-16(22)11-9-15/h3-11,24H,12-14H2,1-2H3/t21-/m0/s1. The van der Waals surface area contributed by atoms with Gasteiger partial charge in [-0.15, -0.1) is 0 Å². The van der Waals surface area contributed by atoms with Crippen molar-refractivity contribution in [3.8, 4) is 0 Å². The van der Waals surface area contributed by atoms with Crippen molar-refractivity contribution in [2.75, 3.05) is 18.5 Å². The minimum atomic E-state index is -0.546. The highest BCUT2D eigenvalue weighted by Crippen LogP contribution is 2.39. The average molecular weight is 367 g/mol.